The molecular formula is C16H12ClF3N6O. The van der Waals surface area contributed by atoms with E-state index < -0.39 is 22.7 Å². The maximum absolute atomic E-state index is 12.8. The van der Waals surface area contributed by atoms with Gasteiger partial charge in [-0.05, 0) is 52.9 Å². The molecule has 27 heavy (non-hydrogen) atoms. The van der Waals surface area contributed by atoms with E-state index in [1.54, 1.807) is 24.3 Å². The zero-order valence-corrected chi connectivity index (χ0v) is 14.3. The van der Waals surface area contributed by atoms with E-state index in [1.807, 2.05) is 0 Å². The van der Waals surface area contributed by atoms with Gasteiger partial charge in [-0.25, -0.2) is 4.68 Å². The summed E-state index contributed by atoms with van der Waals surface area (Å²) in [6, 6.07) is 10.1. The number of nitrogens with zero attached hydrogens (tertiary/aromatic N) is 4. The van der Waals surface area contributed by atoms with E-state index in [1.165, 1.54) is 17.1 Å². The largest absolute Gasteiger partial charge is 0.417 e. The highest BCUT2D eigenvalue weighted by molar-refractivity contribution is 6.31. The summed E-state index contributed by atoms with van der Waals surface area (Å²) in [4.78, 5) is 12.0. The van der Waals surface area contributed by atoms with Crippen LogP contribution < -0.4 is 10.6 Å². The van der Waals surface area contributed by atoms with Crippen molar-refractivity contribution in [2.24, 2.45) is 0 Å². The van der Waals surface area contributed by atoms with Gasteiger partial charge in [-0.2, -0.15) is 13.2 Å². The summed E-state index contributed by atoms with van der Waals surface area (Å²) in [5.41, 5.74) is 0.380. The SMILES string of the molecule is O=C(CNc1ccc(-n2cnnn2)cc1)Nc1ccc(Cl)c(C(F)(F)F)c1. The van der Waals surface area contributed by atoms with E-state index in [0.717, 1.165) is 17.8 Å². The molecule has 0 bridgehead atoms. The molecule has 1 amide bonds. The number of rotatable bonds is 5. The Bertz CT molecular complexity index is 928. The van der Waals surface area contributed by atoms with Crippen molar-refractivity contribution in [2.75, 3.05) is 17.2 Å². The van der Waals surface area contributed by atoms with Crippen LogP contribution in [0.2, 0.25) is 5.02 Å². The second-order valence-electron chi connectivity index (χ2n) is 5.40. The molecule has 3 rings (SSSR count). The highest BCUT2D eigenvalue weighted by atomic mass is 35.5. The van der Waals surface area contributed by atoms with Crippen molar-refractivity contribution in [3.63, 3.8) is 0 Å². The van der Waals surface area contributed by atoms with E-state index in [-0.39, 0.29) is 12.2 Å². The first-order chi connectivity index (χ1) is 12.8. The lowest BCUT2D eigenvalue weighted by Gasteiger charge is -2.12. The summed E-state index contributed by atoms with van der Waals surface area (Å²) < 4.78 is 40.0. The Labute approximate surface area is 156 Å². The third-order valence-corrected chi connectivity index (χ3v) is 3.82. The first kappa shape index (κ1) is 18.6. The number of carbonyl (C=O) groups is 1. The molecule has 0 atom stereocenters. The lowest BCUT2D eigenvalue weighted by atomic mass is 10.2. The van der Waals surface area contributed by atoms with Gasteiger partial charge in [-0.15, -0.1) is 5.10 Å². The molecule has 140 valence electrons. The Morgan fingerprint density at radius 2 is 1.81 bits per heavy atom. The minimum absolute atomic E-state index is 0.00700. The topological polar surface area (TPSA) is 84.7 Å². The average molecular weight is 397 g/mol. The van der Waals surface area contributed by atoms with Gasteiger partial charge in [0.25, 0.3) is 0 Å². The normalized spacial score (nSPS) is 11.3. The second kappa shape index (κ2) is 7.62. The molecule has 1 aromatic heterocycles. The zero-order chi connectivity index (χ0) is 19.4. The second-order valence-corrected chi connectivity index (χ2v) is 5.80. The molecule has 0 unspecified atom stereocenters. The molecule has 2 N–H and O–H groups in total. The number of halogens is 4. The molecule has 1 heterocycles. The fraction of sp³-hybridized carbons (Fsp3) is 0.125. The Morgan fingerprint density at radius 3 is 2.44 bits per heavy atom. The molecule has 0 aliphatic carbocycles. The standard InChI is InChI=1S/C16H12ClF3N6O/c17-14-6-3-11(7-13(14)16(18,19)20)23-15(27)8-21-10-1-4-12(5-2-10)26-9-22-24-25-26/h1-7,9,21H,8H2,(H,23,27). The third-order valence-electron chi connectivity index (χ3n) is 3.49. The number of tetrazole rings is 1. The summed E-state index contributed by atoms with van der Waals surface area (Å²) in [7, 11) is 0. The fourth-order valence-corrected chi connectivity index (χ4v) is 2.44. The van der Waals surface area contributed by atoms with Crippen LogP contribution in [0.4, 0.5) is 24.5 Å². The number of alkyl halides is 3. The van der Waals surface area contributed by atoms with Gasteiger partial charge in [-0.1, -0.05) is 11.6 Å². The van der Waals surface area contributed by atoms with Crippen LogP contribution in [0.15, 0.2) is 48.8 Å². The highest BCUT2D eigenvalue weighted by Crippen LogP contribution is 2.36. The number of benzene rings is 2. The van der Waals surface area contributed by atoms with Crippen molar-refractivity contribution in [1.29, 1.82) is 0 Å². The van der Waals surface area contributed by atoms with Crippen molar-refractivity contribution >= 4 is 28.9 Å². The van der Waals surface area contributed by atoms with E-state index >= 15 is 0 Å². The van der Waals surface area contributed by atoms with E-state index in [2.05, 4.69) is 26.2 Å². The number of carbonyl (C=O) groups excluding carboxylic acids is 1. The Hall–Kier alpha value is -3.14. The highest BCUT2D eigenvalue weighted by Gasteiger charge is 2.33. The van der Waals surface area contributed by atoms with Crippen LogP contribution in [0.25, 0.3) is 5.69 Å². The van der Waals surface area contributed by atoms with Gasteiger partial charge in [-0.3, -0.25) is 4.79 Å². The minimum atomic E-state index is -4.60. The molecule has 11 heteroatoms. The molecule has 3 aromatic rings. The van der Waals surface area contributed by atoms with Crippen LogP contribution in [-0.2, 0) is 11.0 Å². The summed E-state index contributed by atoms with van der Waals surface area (Å²) in [6.07, 6.45) is -3.16. The smallest absolute Gasteiger partial charge is 0.376 e. The number of aromatic nitrogens is 4. The number of amides is 1. The van der Waals surface area contributed by atoms with E-state index in [0.29, 0.717) is 5.69 Å². The lowest BCUT2D eigenvalue weighted by molar-refractivity contribution is -0.137. The Morgan fingerprint density at radius 1 is 1.11 bits per heavy atom. The van der Waals surface area contributed by atoms with Crippen LogP contribution in [0.1, 0.15) is 5.56 Å². The summed E-state index contributed by atoms with van der Waals surface area (Å²) in [6.45, 7) is -0.131. The number of anilines is 2. The summed E-state index contributed by atoms with van der Waals surface area (Å²) >= 11 is 5.55. The van der Waals surface area contributed by atoms with Gasteiger partial charge in [0.05, 0.1) is 22.8 Å². The van der Waals surface area contributed by atoms with Crippen LogP contribution in [-0.4, -0.2) is 32.7 Å². The van der Waals surface area contributed by atoms with Crippen LogP contribution in [0, 0.1) is 0 Å². The summed E-state index contributed by atoms with van der Waals surface area (Å²) in [5, 5.41) is 15.7. The maximum Gasteiger partial charge on any atom is 0.417 e. The molecular weight excluding hydrogens is 385 g/mol. The predicted molar refractivity (Wildman–Crippen MR) is 92.7 cm³/mol. The maximum atomic E-state index is 12.8. The Balaban J connectivity index is 1.58. The van der Waals surface area contributed by atoms with Gasteiger partial charge in [0.1, 0.15) is 6.33 Å². The number of hydrogen-bond donors (Lipinski definition) is 2. The van der Waals surface area contributed by atoms with Gasteiger partial charge in [0, 0.05) is 11.4 Å². The number of nitrogens with one attached hydrogen (secondary N) is 2. The molecule has 0 spiro atoms. The molecule has 7 nitrogen and oxygen atoms in total. The average Bonchev–Trinajstić information content (AvgIpc) is 3.16. The first-order valence-electron chi connectivity index (χ1n) is 7.57. The molecule has 0 saturated heterocycles. The van der Waals surface area contributed by atoms with Crippen molar-refractivity contribution in [1.82, 2.24) is 20.2 Å². The molecule has 0 radical (unpaired) electrons. The van der Waals surface area contributed by atoms with E-state index in [4.69, 9.17) is 11.6 Å². The number of hydrogen-bond acceptors (Lipinski definition) is 5. The lowest BCUT2D eigenvalue weighted by Crippen LogP contribution is -2.22. The molecule has 2 aromatic carbocycles. The fourth-order valence-electron chi connectivity index (χ4n) is 2.22. The summed E-state index contributed by atoms with van der Waals surface area (Å²) in [5.74, 6) is -0.505. The third kappa shape index (κ3) is 4.73. The van der Waals surface area contributed by atoms with Gasteiger partial charge < -0.3 is 10.6 Å². The van der Waals surface area contributed by atoms with E-state index in [9.17, 15) is 18.0 Å². The Kier molecular flexibility index (Phi) is 5.26. The van der Waals surface area contributed by atoms with Crippen molar-refractivity contribution in [3.8, 4) is 5.69 Å². The minimum Gasteiger partial charge on any atom is -0.376 e. The van der Waals surface area contributed by atoms with Crippen LogP contribution in [0.3, 0.4) is 0 Å². The molecule has 0 saturated carbocycles. The molecule has 0 fully saturated rings. The van der Waals surface area contributed by atoms with Crippen LogP contribution >= 0.6 is 11.6 Å². The van der Waals surface area contributed by atoms with Gasteiger partial charge in [0.15, 0.2) is 0 Å². The van der Waals surface area contributed by atoms with Crippen molar-refractivity contribution in [2.45, 2.75) is 6.18 Å². The van der Waals surface area contributed by atoms with Crippen molar-refractivity contribution in [3.05, 3.63) is 59.4 Å². The molecule has 0 aliphatic rings. The van der Waals surface area contributed by atoms with Gasteiger partial charge in [0.2, 0.25) is 5.91 Å². The zero-order valence-electron chi connectivity index (χ0n) is 13.5. The quantitative estimate of drug-likeness (QED) is 0.690. The van der Waals surface area contributed by atoms with Gasteiger partial charge >= 0.3 is 6.18 Å². The molecule has 0 aliphatic heterocycles. The van der Waals surface area contributed by atoms with Crippen LogP contribution in [0.5, 0.6) is 0 Å². The monoisotopic (exact) mass is 396 g/mol. The first-order valence-corrected chi connectivity index (χ1v) is 7.94. The predicted octanol–water partition coefficient (Wildman–Crippen LogP) is 3.39. The van der Waals surface area contributed by atoms with Crippen molar-refractivity contribution < 1.29 is 18.0 Å².